The number of carbonyl (C=O) groups excluding carboxylic acids is 2. The molecule has 2 aromatic carbocycles. The predicted octanol–water partition coefficient (Wildman–Crippen LogP) is 6.06. The normalized spacial score (nSPS) is 16.4. The van der Waals surface area contributed by atoms with Crippen molar-refractivity contribution in [3.05, 3.63) is 75.6 Å². The summed E-state index contributed by atoms with van der Waals surface area (Å²) in [6.07, 6.45) is 4.90. The van der Waals surface area contributed by atoms with Crippen LogP contribution in [0.2, 0.25) is 5.02 Å². The molecule has 0 atom stereocenters. The molecule has 0 saturated carbocycles. The molecule has 0 spiro atoms. The minimum atomic E-state index is -0.571. The van der Waals surface area contributed by atoms with E-state index in [4.69, 9.17) is 16.6 Å². The summed E-state index contributed by atoms with van der Waals surface area (Å²) in [4.78, 5) is 37.5. The number of nitrogens with zero attached hydrogens (tertiary/aromatic N) is 4. The first-order valence-corrected chi connectivity index (χ1v) is 14.2. The number of halogens is 1. The molecule has 3 amide bonds. The van der Waals surface area contributed by atoms with Crippen molar-refractivity contribution in [1.29, 1.82) is 0 Å². The smallest absolute Gasteiger partial charge is 0.319 e. The number of hydrogen-bond acceptors (Lipinski definition) is 5. The Labute approximate surface area is 241 Å². The molecule has 2 N–H and O–H groups in total. The predicted molar refractivity (Wildman–Crippen MR) is 160 cm³/mol. The lowest BCUT2D eigenvalue weighted by Gasteiger charge is -2.34. The quantitative estimate of drug-likeness (QED) is 0.382. The maximum Gasteiger partial charge on any atom is 0.319 e. The van der Waals surface area contributed by atoms with E-state index in [1.54, 1.807) is 25.2 Å². The molecule has 0 radical (unpaired) electrons. The zero-order chi connectivity index (χ0) is 28.6. The molecule has 3 heterocycles. The van der Waals surface area contributed by atoms with Gasteiger partial charge in [-0.1, -0.05) is 35.9 Å². The third-order valence-corrected chi connectivity index (χ3v) is 8.47. The van der Waals surface area contributed by atoms with Crippen LogP contribution in [0.4, 0.5) is 22.1 Å². The van der Waals surface area contributed by atoms with Crippen LogP contribution in [-0.2, 0) is 23.1 Å². The largest absolute Gasteiger partial charge is 0.331 e. The number of aryl methyl sites for hydroxylation is 3. The zero-order valence-electron chi connectivity index (χ0n) is 23.8. The lowest BCUT2D eigenvalue weighted by molar-refractivity contribution is -0.119. The number of fused-ring (bicyclic) bond motifs is 1. The summed E-state index contributed by atoms with van der Waals surface area (Å²) in [5.41, 5.74) is 6.60. The standard InChI is InChI=1S/C31H37ClN6O2/c1-19-17-22(20-13-15-38(16-14-20)30(40)37(4)5)10-11-24(19)35-29-33-18-23(32)25(36-29)12-9-21-7-6-8-26-27(21)31(2,3)28(39)34-26/h6-8,10-11,17-18,20H,9,12-16H2,1-5H3,(H,34,39)(H,33,35,36). The minimum Gasteiger partial charge on any atom is -0.331 e. The summed E-state index contributed by atoms with van der Waals surface area (Å²) >= 11 is 6.50. The highest BCUT2D eigenvalue weighted by Crippen LogP contribution is 2.40. The zero-order valence-corrected chi connectivity index (χ0v) is 24.6. The maximum atomic E-state index is 12.5. The Morgan fingerprint density at radius 3 is 2.62 bits per heavy atom. The number of amides is 3. The molecule has 0 aliphatic carbocycles. The van der Waals surface area contributed by atoms with E-state index in [1.807, 2.05) is 30.9 Å². The number of rotatable bonds is 6. The Morgan fingerprint density at radius 1 is 1.18 bits per heavy atom. The molecule has 2 aliphatic rings. The molecule has 40 heavy (non-hydrogen) atoms. The summed E-state index contributed by atoms with van der Waals surface area (Å²) in [7, 11) is 3.60. The Bertz CT molecular complexity index is 1450. The molecule has 210 valence electrons. The third kappa shape index (κ3) is 5.50. The van der Waals surface area contributed by atoms with Gasteiger partial charge in [-0.15, -0.1) is 0 Å². The number of anilines is 3. The van der Waals surface area contributed by atoms with Crippen LogP contribution in [0.5, 0.6) is 0 Å². The van der Waals surface area contributed by atoms with E-state index < -0.39 is 5.41 Å². The molecule has 3 aromatic rings. The number of piperidine rings is 1. The van der Waals surface area contributed by atoms with Gasteiger partial charge < -0.3 is 20.4 Å². The third-order valence-electron chi connectivity index (χ3n) is 8.16. The second-order valence-electron chi connectivity index (χ2n) is 11.5. The highest BCUT2D eigenvalue weighted by atomic mass is 35.5. The molecule has 1 fully saturated rings. The first-order chi connectivity index (χ1) is 19.0. The molecule has 8 nitrogen and oxygen atoms in total. The van der Waals surface area contributed by atoms with Crippen molar-refractivity contribution >= 4 is 40.9 Å². The second-order valence-corrected chi connectivity index (χ2v) is 12.0. The van der Waals surface area contributed by atoms with Crippen LogP contribution in [0.1, 0.15) is 60.6 Å². The lowest BCUT2D eigenvalue weighted by Crippen LogP contribution is -2.43. The molecular weight excluding hydrogens is 524 g/mol. The van der Waals surface area contributed by atoms with E-state index in [2.05, 4.69) is 46.8 Å². The second kappa shape index (κ2) is 11.1. The van der Waals surface area contributed by atoms with Gasteiger partial charge in [0.15, 0.2) is 0 Å². The number of hydrogen-bond donors (Lipinski definition) is 2. The Balaban J connectivity index is 1.26. The van der Waals surface area contributed by atoms with Crippen LogP contribution >= 0.6 is 11.6 Å². The topological polar surface area (TPSA) is 90.5 Å². The molecular formula is C31H37ClN6O2. The van der Waals surface area contributed by atoms with Crippen molar-refractivity contribution in [3.63, 3.8) is 0 Å². The van der Waals surface area contributed by atoms with E-state index in [0.29, 0.717) is 29.7 Å². The van der Waals surface area contributed by atoms with Crippen molar-refractivity contribution in [2.75, 3.05) is 37.8 Å². The summed E-state index contributed by atoms with van der Waals surface area (Å²) in [5, 5.41) is 6.89. The van der Waals surface area contributed by atoms with Gasteiger partial charge in [-0.05, 0) is 86.8 Å². The van der Waals surface area contributed by atoms with Gasteiger partial charge in [0.1, 0.15) is 0 Å². The average Bonchev–Trinajstić information content (AvgIpc) is 3.17. The number of carbonyl (C=O) groups is 2. The van der Waals surface area contributed by atoms with Crippen LogP contribution in [-0.4, -0.2) is 58.9 Å². The molecule has 2 aliphatic heterocycles. The van der Waals surface area contributed by atoms with E-state index >= 15 is 0 Å². The average molecular weight is 561 g/mol. The number of benzene rings is 2. The SMILES string of the molecule is Cc1cc(C2CCN(C(=O)N(C)C)CC2)ccc1Nc1ncc(Cl)c(CCc2cccc3c2C(C)(C)C(=O)N3)n1. The van der Waals surface area contributed by atoms with E-state index in [1.165, 1.54) is 5.56 Å². The van der Waals surface area contributed by atoms with Crippen LogP contribution in [0.25, 0.3) is 0 Å². The van der Waals surface area contributed by atoms with E-state index in [9.17, 15) is 9.59 Å². The number of likely N-dealkylation sites (tertiary alicyclic amines) is 1. The number of aromatic nitrogens is 2. The molecule has 1 aromatic heterocycles. The van der Waals surface area contributed by atoms with Gasteiger partial charge in [-0.25, -0.2) is 14.8 Å². The molecule has 9 heteroatoms. The molecule has 0 unspecified atom stereocenters. The van der Waals surface area contributed by atoms with Gasteiger partial charge in [0, 0.05) is 38.6 Å². The molecule has 0 bridgehead atoms. The van der Waals surface area contributed by atoms with Gasteiger partial charge >= 0.3 is 6.03 Å². The van der Waals surface area contributed by atoms with Crippen LogP contribution < -0.4 is 10.6 Å². The fraction of sp³-hybridized carbons (Fsp3) is 0.419. The van der Waals surface area contributed by atoms with Crippen LogP contribution in [0.3, 0.4) is 0 Å². The fourth-order valence-corrected chi connectivity index (χ4v) is 6.01. The Kier molecular flexibility index (Phi) is 7.73. The summed E-state index contributed by atoms with van der Waals surface area (Å²) in [5.74, 6) is 0.959. The van der Waals surface area contributed by atoms with E-state index in [-0.39, 0.29) is 11.9 Å². The fourth-order valence-electron chi connectivity index (χ4n) is 5.82. The van der Waals surface area contributed by atoms with E-state index in [0.717, 1.165) is 59.7 Å². The van der Waals surface area contributed by atoms with Gasteiger partial charge in [0.05, 0.1) is 22.3 Å². The summed E-state index contributed by atoms with van der Waals surface area (Å²) in [6.45, 7) is 7.55. The molecule has 5 rings (SSSR count). The Hall–Kier alpha value is -3.65. The van der Waals surface area contributed by atoms with Crippen molar-refractivity contribution in [3.8, 4) is 0 Å². The van der Waals surface area contributed by atoms with Crippen molar-refractivity contribution < 1.29 is 9.59 Å². The van der Waals surface area contributed by atoms with Gasteiger partial charge in [0.2, 0.25) is 11.9 Å². The van der Waals surface area contributed by atoms with Gasteiger partial charge in [-0.3, -0.25) is 4.79 Å². The Morgan fingerprint density at radius 2 is 1.93 bits per heavy atom. The van der Waals surface area contributed by atoms with Gasteiger partial charge in [0.25, 0.3) is 0 Å². The van der Waals surface area contributed by atoms with Gasteiger partial charge in [-0.2, -0.15) is 0 Å². The highest BCUT2D eigenvalue weighted by molar-refractivity contribution is 6.31. The number of urea groups is 1. The van der Waals surface area contributed by atoms with Crippen LogP contribution in [0.15, 0.2) is 42.6 Å². The summed E-state index contributed by atoms with van der Waals surface area (Å²) < 4.78 is 0. The van der Waals surface area contributed by atoms with Crippen molar-refractivity contribution in [2.24, 2.45) is 0 Å². The van der Waals surface area contributed by atoms with Crippen molar-refractivity contribution in [2.45, 2.75) is 57.8 Å². The molecule has 1 saturated heterocycles. The minimum absolute atomic E-state index is 0.0211. The number of nitrogens with one attached hydrogen (secondary N) is 2. The summed E-state index contributed by atoms with van der Waals surface area (Å²) in [6, 6.07) is 12.5. The maximum absolute atomic E-state index is 12.5. The lowest BCUT2D eigenvalue weighted by atomic mass is 9.82. The first-order valence-electron chi connectivity index (χ1n) is 13.8. The van der Waals surface area contributed by atoms with Crippen molar-refractivity contribution in [1.82, 2.24) is 19.8 Å². The monoisotopic (exact) mass is 560 g/mol. The highest BCUT2D eigenvalue weighted by Gasteiger charge is 2.39. The first kappa shape index (κ1) is 27.9. The van der Waals surface area contributed by atoms with Crippen LogP contribution in [0, 0.1) is 6.92 Å².